The lowest BCUT2D eigenvalue weighted by molar-refractivity contribution is -0.148. The van der Waals surface area contributed by atoms with Crippen LogP contribution in [0.5, 0.6) is 0 Å². The van der Waals surface area contributed by atoms with E-state index >= 15 is 0 Å². The molecule has 2 aliphatic heterocycles. The summed E-state index contributed by atoms with van der Waals surface area (Å²) in [7, 11) is 16.8. The van der Waals surface area contributed by atoms with Gasteiger partial charge in [0.15, 0.2) is 0 Å². The van der Waals surface area contributed by atoms with Gasteiger partial charge in [-0.3, -0.25) is 62.5 Å². The Morgan fingerprint density at radius 1 is 0.446 bits per heavy atom. The van der Waals surface area contributed by atoms with Crippen LogP contribution in [0.15, 0.2) is 60.7 Å². The lowest BCUT2D eigenvalue weighted by atomic mass is 9.89. The van der Waals surface area contributed by atoms with E-state index in [4.69, 9.17) is 29.6 Å². The first kappa shape index (κ1) is 106. The number of likely N-dealkylation sites (tertiary alicyclic amines) is 2. The summed E-state index contributed by atoms with van der Waals surface area (Å²) in [6.07, 6.45) is 1.15. The predicted octanol–water partition coefficient (Wildman–Crippen LogP) is 5.53. The van der Waals surface area contributed by atoms with Crippen LogP contribution in [0.3, 0.4) is 0 Å². The molecular weight excluding hydrogens is 1550 g/mol. The molecule has 121 heavy (non-hydrogen) atoms. The SMILES string of the molecule is CC[C@H](C)C([C@@H](CC(=O)N1CCC[C@H]1[C@H](OC)[C@@H](C)C(=O)N[C@@H](Cc1ccccc1)C(=O)NCCCC[C@H](NC(=O)[C@H](Cc1ccccc1)NC(=O)[C@H](C)[C@@H](OC)[C@@H]1CCCN1C(=O)C[C@@H](OC)[C@H]([C@@H](C)CC)N(C)C(=O)[C@@H](NC(=O)C(C(C)C)N(C)C)C(C)C)C(=O)NCCOCCON)OC)N(C)C(=O)[C@@H](NC(=O)C(C(C)C)N(C)C)C(C)C. The minimum Gasteiger partial charge on any atom is -0.379 e. The van der Waals surface area contributed by atoms with E-state index in [0.29, 0.717) is 70.0 Å². The number of methoxy groups -OCH3 is 4. The molecule has 0 bridgehead atoms. The maximum atomic E-state index is 15.0. The molecule has 2 fully saturated rings. The standard InChI is InChI=1S/C90H154N14O17/c1-25-59(11)78(101(19)89(114)74(55(3)4)97-87(112)76(57(7)8)99(15)16)70(116-21)53-72(105)103-46-35-42-68(103)80(118-23)61(13)82(107)95-66(51-63-37-29-27-30-38-63)85(110)92-44-34-33-41-65(84(109)93-45-48-120-49-50-121-91)94-86(111)67(52-64-39-31-28-32-40-64)96-83(108)62(14)81(119-24)69-43-36-47-104(69)73(106)54-71(117-22)79(60(12)26-2)102(20)90(115)75(56(5)6)98-88(113)77(58(9)10)100(17)18/h27-32,37-40,55-62,65-71,74-81H,25-26,33-36,41-54,91H2,1-24H3,(H,92,110)(H,93,109)(H,94,111)(H,95,107)(H,96,108)(H,97,112)(H,98,113)/t59-,60-,61+,62+,65-,66-,67-,68-,69-,70+,71+,74-,75-,76?,77?,78?,79-,80+,81+/m0/s1. The molecular formula is C90H154N14O17. The van der Waals surface area contributed by atoms with Gasteiger partial charge in [0, 0.05) is 81.6 Å². The van der Waals surface area contributed by atoms with Gasteiger partial charge in [-0.2, -0.15) is 0 Å². The molecule has 19 atom stereocenters. The zero-order chi connectivity index (χ0) is 90.7. The second kappa shape index (κ2) is 53.4. The molecule has 0 aromatic heterocycles. The van der Waals surface area contributed by atoms with Crippen molar-refractivity contribution in [3.8, 4) is 0 Å². The molecule has 2 aromatic rings. The Morgan fingerprint density at radius 2 is 0.826 bits per heavy atom. The lowest BCUT2D eigenvalue weighted by Crippen LogP contribution is -2.59. The van der Waals surface area contributed by atoms with Crippen LogP contribution in [-0.4, -0.2) is 302 Å². The average molecular weight is 1700 g/mol. The minimum atomic E-state index is -1.22. The number of carbonyl (C=O) groups is 11. The number of likely N-dealkylation sites (N-methyl/N-ethyl adjacent to an activating group) is 4. The van der Waals surface area contributed by atoms with Crippen molar-refractivity contribution in [3.63, 3.8) is 0 Å². The largest absolute Gasteiger partial charge is 0.379 e. The summed E-state index contributed by atoms with van der Waals surface area (Å²) in [4.78, 5) is 175. The molecule has 0 aliphatic carbocycles. The third-order valence-corrected chi connectivity index (χ3v) is 24.5. The lowest BCUT2D eigenvalue weighted by Gasteiger charge is -2.41. The Labute approximate surface area is 722 Å². The van der Waals surface area contributed by atoms with E-state index in [9.17, 15) is 52.7 Å². The number of carbonyl (C=O) groups excluding carboxylic acids is 11. The Kier molecular flexibility index (Phi) is 46.6. The highest BCUT2D eigenvalue weighted by Crippen LogP contribution is 2.33. The first-order valence-corrected chi connectivity index (χ1v) is 43.9. The number of benzene rings is 2. The van der Waals surface area contributed by atoms with E-state index in [-0.39, 0.29) is 136 Å². The zero-order valence-electron chi connectivity index (χ0n) is 77.4. The number of nitrogens with one attached hydrogen (secondary N) is 7. The molecule has 686 valence electrons. The van der Waals surface area contributed by atoms with E-state index in [2.05, 4.69) is 42.1 Å². The highest BCUT2D eigenvalue weighted by Gasteiger charge is 2.47. The Bertz CT molecular complexity index is 3490. The fourth-order valence-electron chi connectivity index (χ4n) is 17.5. The molecule has 4 rings (SSSR count). The van der Waals surface area contributed by atoms with Crippen molar-refractivity contribution in [3.05, 3.63) is 71.8 Å². The first-order valence-electron chi connectivity index (χ1n) is 43.9. The molecule has 0 spiro atoms. The topological polar surface area (TPSA) is 373 Å². The number of hydrogen-bond acceptors (Lipinski definition) is 20. The van der Waals surface area contributed by atoms with Gasteiger partial charge in [0.25, 0.3) is 0 Å². The first-order chi connectivity index (χ1) is 57.3. The third-order valence-electron chi connectivity index (χ3n) is 24.5. The summed E-state index contributed by atoms with van der Waals surface area (Å²) < 4.78 is 30.2. The van der Waals surface area contributed by atoms with Gasteiger partial charge in [-0.25, -0.2) is 5.90 Å². The van der Waals surface area contributed by atoms with Gasteiger partial charge in [-0.1, -0.05) is 170 Å². The summed E-state index contributed by atoms with van der Waals surface area (Å²) in [6.45, 7) is 28.1. The van der Waals surface area contributed by atoms with Crippen molar-refractivity contribution in [2.75, 3.05) is 117 Å². The summed E-state index contributed by atoms with van der Waals surface area (Å²) in [5.74, 6) is -1.66. The van der Waals surface area contributed by atoms with Gasteiger partial charge in [0.1, 0.15) is 30.2 Å². The highest BCUT2D eigenvalue weighted by atomic mass is 16.6. The summed E-state index contributed by atoms with van der Waals surface area (Å²) in [5.41, 5.74) is 1.49. The van der Waals surface area contributed by atoms with Gasteiger partial charge in [0.2, 0.25) is 65.0 Å². The summed E-state index contributed by atoms with van der Waals surface area (Å²) in [6, 6.07) is 10.1. The van der Waals surface area contributed by atoms with Crippen LogP contribution in [0.4, 0.5) is 0 Å². The zero-order valence-corrected chi connectivity index (χ0v) is 77.4. The van der Waals surface area contributed by atoms with Crippen LogP contribution in [0.2, 0.25) is 0 Å². The van der Waals surface area contributed by atoms with Crippen LogP contribution in [0, 0.1) is 47.3 Å². The van der Waals surface area contributed by atoms with Crippen molar-refractivity contribution in [1.29, 1.82) is 0 Å². The Hall–Kier alpha value is -7.75. The van der Waals surface area contributed by atoms with Gasteiger partial charge in [0.05, 0.1) is 105 Å². The fraction of sp³-hybridized carbons (Fsp3) is 0.744. The van der Waals surface area contributed by atoms with Crippen LogP contribution >= 0.6 is 0 Å². The molecule has 11 amide bonds. The fourth-order valence-corrected chi connectivity index (χ4v) is 17.5. The molecule has 2 aliphatic rings. The van der Waals surface area contributed by atoms with Gasteiger partial charge in [-0.05, 0) is 120 Å². The van der Waals surface area contributed by atoms with Crippen molar-refractivity contribution in [1.82, 2.24) is 66.6 Å². The van der Waals surface area contributed by atoms with Crippen molar-refractivity contribution < 1.29 is 81.3 Å². The maximum absolute atomic E-state index is 15.0. The molecule has 0 radical (unpaired) electrons. The number of amides is 11. The van der Waals surface area contributed by atoms with Crippen LogP contribution in [-0.2, 0) is 94.1 Å². The second-order valence-corrected chi connectivity index (χ2v) is 35.1. The van der Waals surface area contributed by atoms with E-state index in [1.165, 1.54) is 28.4 Å². The van der Waals surface area contributed by atoms with E-state index < -0.39 is 132 Å². The second-order valence-electron chi connectivity index (χ2n) is 35.1. The number of ether oxygens (including phenoxy) is 5. The van der Waals surface area contributed by atoms with Crippen molar-refractivity contribution in [2.45, 2.75) is 271 Å². The van der Waals surface area contributed by atoms with E-state index in [1.54, 1.807) is 47.5 Å². The summed E-state index contributed by atoms with van der Waals surface area (Å²) in [5, 5.41) is 20.9. The molecule has 0 saturated carbocycles. The molecule has 3 unspecified atom stereocenters. The average Bonchev–Trinajstić information content (AvgIpc) is 1.76. The van der Waals surface area contributed by atoms with Crippen LogP contribution in [0.25, 0.3) is 0 Å². The van der Waals surface area contributed by atoms with Gasteiger partial charge < -0.3 is 85.3 Å². The molecule has 31 nitrogen and oxygen atoms in total. The predicted molar refractivity (Wildman–Crippen MR) is 467 cm³/mol. The number of unbranched alkanes of at least 4 members (excludes halogenated alkanes) is 1. The van der Waals surface area contributed by atoms with Crippen LogP contribution < -0.4 is 43.1 Å². The maximum Gasteiger partial charge on any atom is 0.245 e. The molecule has 2 saturated heterocycles. The molecule has 2 aromatic carbocycles. The molecule has 31 heteroatoms. The number of nitrogens with zero attached hydrogens (tertiary/aromatic N) is 6. The van der Waals surface area contributed by atoms with E-state index in [0.717, 1.165) is 5.56 Å². The Morgan fingerprint density at radius 3 is 1.18 bits per heavy atom. The number of rotatable bonds is 55. The molecule has 2 heterocycles. The number of hydrogen-bond donors (Lipinski definition) is 8. The minimum absolute atomic E-state index is 0.0178. The van der Waals surface area contributed by atoms with Crippen molar-refractivity contribution >= 4 is 65.0 Å². The number of nitrogens with two attached hydrogens (primary N) is 1. The van der Waals surface area contributed by atoms with Crippen LogP contribution in [0.1, 0.15) is 179 Å². The Balaban J connectivity index is 1.54. The molecule has 9 N–H and O–H groups in total. The van der Waals surface area contributed by atoms with E-state index in [1.807, 2.05) is 182 Å². The summed E-state index contributed by atoms with van der Waals surface area (Å²) >= 11 is 0. The monoisotopic (exact) mass is 1700 g/mol. The van der Waals surface area contributed by atoms with Gasteiger partial charge >= 0.3 is 0 Å². The third kappa shape index (κ3) is 31.5. The quantitative estimate of drug-likeness (QED) is 0.0298. The van der Waals surface area contributed by atoms with Gasteiger partial charge in [-0.15, -0.1) is 0 Å². The van der Waals surface area contributed by atoms with Crippen molar-refractivity contribution in [2.24, 2.45) is 53.2 Å². The smallest absolute Gasteiger partial charge is 0.245 e. The normalized spacial score (nSPS) is 18.6. The highest BCUT2D eigenvalue weighted by molar-refractivity contribution is 5.94.